The van der Waals surface area contributed by atoms with Crippen LogP contribution in [0.5, 0.6) is 5.75 Å². The van der Waals surface area contributed by atoms with Crippen LogP contribution in [0.3, 0.4) is 0 Å². The summed E-state index contributed by atoms with van der Waals surface area (Å²) in [7, 11) is 0. The zero-order chi connectivity index (χ0) is 11.4. The van der Waals surface area contributed by atoms with Crippen molar-refractivity contribution in [1.82, 2.24) is 5.32 Å². The van der Waals surface area contributed by atoms with E-state index in [1.54, 1.807) is 6.92 Å². The van der Waals surface area contributed by atoms with E-state index in [4.69, 9.17) is 0 Å². The Morgan fingerprint density at radius 3 is 2.80 bits per heavy atom. The van der Waals surface area contributed by atoms with Crippen molar-refractivity contribution in [1.29, 1.82) is 0 Å². The zero-order valence-electron chi connectivity index (χ0n) is 8.38. The lowest BCUT2D eigenvalue weighted by molar-refractivity contribution is 0.0950. The number of phenols is 1. The summed E-state index contributed by atoms with van der Waals surface area (Å²) in [4.78, 5) is 11.4. The van der Waals surface area contributed by atoms with Gasteiger partial charge < -0.3 is 10.4 Å². The number of carbonyl (C=O) groups excluding carboxylic acids is 1. The van der Waals surface area contributed by atoms with E-state index in [9.17, 15) is 14.3 Å². The third-order valence-electron chi connectivity index (χ3n) is 1.77. The van der Waals surface area contributed by atoms with Gasteiger partial charge in [-0.05, 0) is 19.1 Å². The Hall–Kier alpha value is -1.84. The van der Waals surface area contributed by atoms with E-state index in [0.29, 0.717) is 0 Å². The Morgan fingerprint density at radius 2 is 2.27 bits per heavy atom. The molecule has 0 fully saturated rings. The van der Waals surface area contributed by atoms with Gasteiger partial charge in [0.2, 0.25) is 0 Å². The second kappa shape index (κ2) is 4.59. The van der Waals surface area contributed by atoms with Crippen LogP contribution < -0.4 is 5.32 Å². The molecule has 1 aromatic carbocycles. The molecule has 0 saturated heterocycles. The van der Waals surface area contributed by atoms with Gasteiger partial charge in [0.15, 0.2) is 0 Å². The van der Waals surface area contributed by atoms with Crippen LogP contribution >= 0.6 is 0 Å². The van der Waals surface area contributed by atoms with E-state index in [0.717, 1.165) is 11.6 Å². The summed E-state index contributed by atoms with van der Waals surface area (Å²) < 4.78 is 13.2. The van der Waals surface area contributed by atoms with Crippen molar-refractivity contribution in [3.63, 3.8) is 0 Å². The molecule has 0 aromatic heterocycles. The molecular formula is C11H12FNO2. The molecule has 0 unspecified atom stereocenters. The maximum absolute atomic E-state index is 13.2. The number of benzene rings is 1. The molecule has 0 spiro atoms. The quantitative estimate of drug-likeness (QED) is 0.746. The van der Waals surface area contributed by atoms with Crippen LogP contribution in [-0.2, 0) is 0 Å². The first-order valence-electron chi connectivity index (χ1n) is 4.42. The summed E-state index contributed by atoms with van der Waals surface area (Å²) in [5, 5.41) is 11.7. The lowest BCUT2D eigenvalue weighted by atomic mass is 10.1. The summed E-state index contributed by atoms with van der Waals surface area (Å²) in [6, 6.07) is 3.72. The number of phenolic OH excluding ortho intramolecular Hbond substituents is 1. The fourth-order valence-electron chi connectivity index (χ4n) is 1.06. The van der Waals surface area contributed by atoms with Gasteiger partial charge in [-0.25, -0.2) is 4.39 Å². The van der Waals surface area contributed by atoms with E-state index in [-0.39, 0.29) is 17.9 Å². The summed E-state index contributed by atoms with van der Waals surface area (Å²) in [6.07, 6.45) is 0. The van der Waals surface area contributed by atoms with E-state index in [1.807, 2.05) is 0 Å². The molecule has 0 atom stereocenters. The minimum absolute atomic E-state index is 0.257. The van der Waals surface area contributed by atoms with E-state index in [2.05, 4.69) is 11.9 Å². The number of hydrogen-bond donors (Lipinski definition) is 2. The highest BCUT2D eigenvalue weighted by atomic mass is 19.1. The molecule has 0 radical (unpaired) electrons. The molecule has 0 aliphatic carbocycles. The van der Waals surface area contributed by atoms with Gasteiger partial charge >= 0.3 is 0 Å². The van der Waals surface area contributed by atoms with Crippen molar-refractivity contribution >= 4 is 5.91 Å². The highest BCUT2D eigenvalue weighted by molar-refractivity contribution is 5.97. The molecule has 0 aliphatic heterocycles. The van der Waals surface area contributed by atoms with E-state index in [1.165, 1.54) is 12.1 Å². The topological polar surface area (TPSA) is 49.3 Å². The second-order valence-corrected chi connectivity index (χ2v) is 3.27. The molecule has 15 heavy (non-hydrogen) atoms. The molecule has 4 heteroatoms. The van der Waals surface area contributed by atoms with Crippen molar-refractivity contribution in [2.75, 3.05) is 6.54 Å². The van der Waals surface area contributed by atoms with Crippen LogP contribution in [0.4, 0.5) is 4.39 Å². The van der Waals surface area contributed by atoms with Crippen molar-refractivity contribution < 1.29 is 14.3 Å². The number of aromatic hydroxyl groups is 1. The van der Waals surface area contributed by atoms with Gasteiger partial charge in [0, 0.05) is 6.54 Å². The first-order valence-corrected chi connectivity index (χ1v) is 4.42. The third-order valence-corrected chi connectivity index (χ3v) is 1.77. The van der Waals surface area contributed by atoms with Gasteiger partial charge in [0.1, 0.15) is 17.1 Å². The lowest BCUT2D eigenvalue weighted by Crippen LogP contribution is -2.25. The van der Waals surface area contributed by atoms with Crippen molar-refractivity contribution in [3.8, 4) is 5.75 Å². The number of hydrogen-bond acceptors (Lipinski definition) is 2. The lowest BCUT2D eigenvalue weighted by Gasteiger charge is -2.07. The molecule has 0 saturated carbocycles. The fourth-order valence-corrected chi connectivity index (χ4v) is 1.06. The average Bonchev–Trinajstić information content (AvgIpc) is 2.14. The first kappa shape index (κ1) is 11.2. The van der Waals surface area contributed by atoms with Gasteiger partial charge in [-0.1, -0.05) is 18.2 Å². The standard InChI is InChI=1S/C11H12FNO2/c1-7(2)6-13-11(15)10-8(12)4-3-5-9(10)14/h3-5,14H,1,6H2,2H3,(H,13,15). The Kier molecular flexibility index (Phi) is 3.44. The second-order valence-electron chi connectivity index (χ2n) is 3.27. The molecule has 80 valence electrons. The zero-order valence-corrected chi connectivity index (χ0v) is 8.38. The van der Waals surface area contributed by atoms with Crippen LogP contribution in [0.25, 0.3) is 0 Å². The Labute approximate surface area is 87.2 Å². The first-order chi connectivity index (χ1) is 7.02. The maximum atomic E-state index is 13.2. The SMILES string of the molecule is C=C(C)CNC(=O)c1c(O)cccc1F. The smallest absolute Gasteiger partial charge is 0.258 e. The predicted molar refractivity (Wildman–Crippen MR) is 55.2 cm³/mol. The average molecular weight is 209 g/mol. The van der Waals surface area contributed by atoms with Crippen LogP contribution in [0.1, 0.15) is 17.3 Å². The van der Waals surface area contributed by atoms with Crippen LogP contribution in [0, 0.1) is 5.82 Å². The maximum Gasteiger partial charge on any atom is 0.258 e. The predicted octanol–water partition coefficient (Wildman–Crippen LogP) is 1.84. The Bertz CT molecular complexity index is 381. The number of nitrogens with one attached hydrogen (secondary N) is 1. The third kappa shape index (κ3) is 2.80. The number of amides is 1. The fraction of sp³-hybridized carbons (Fsp3) is 0.182. The summed E-state index contributed by atoms with van der Waals surface area (Å²) in [5.41, 5.74) is 0.415. The summed E-state index contributed by atoms with van der Waals surface area (Å²) >= 11 is 0. The largest absolute Gasteiger partial charge is 0.507 e. The van der Waals surface area contributed by atoms with Gasteiger partial charge in [-0.15, -0.1) is 0 Å². The molecule has 1 amide bonds. The summed E-state index contributed by atoms with van der Waals surface area (Å²) in [5.74, 6) is -1.75. The van der Waals surface area contributed by atoms with Crippen LogP contribution in [-0.4, -0.2) is 17.6 Å². The normalized spacial score (nSPS) is 9.73. The van der Waals surface area contributed by atoms with Gasteiger partial charge in [0.05, 0.1) is 0 Å². The van der Waals surface area contributed by atoms with Gasteiger partial charge in [-0.3, -0.25) is 4.79 Å². The number of carbonyl (C=O) groups is 1. The number of rotatable bonds is 3. The van der Waals surface area contributed by atoms with Crippen molar-refractivity contribution in [2.45, 2.75) is 6.92 Å². The van der Waals surface area contributed by atoms with Crippen LogP contribution in [0.15, 0.2) is 30.4 Å². The molecule has 0 heterocycles. The van der Waals surface area contributed by atoms with E-state index >= 15 is 0 Å². The molecule has 3 nitrogen and oxygen atoms in total. The van der Waals surface area contributed by atoms with Crippen LogP contribution in [0.2, 0.25) is 0 Å². The highest BCUT2D eigenvalue weighted by Crippen LogP contribution is 2.19. The monoisotopic (exact) mass is 209 g/mol. The molecule has 1 rings (SSSR count). The van der Waals surface area contributed by atoms with E-state index < -0.39 is 11.7 Å². The van der Waals surface area contributed by atoms with Crippen molar-refractivity contribution in [2.24, 2.45) is 0 Å². The molecule has 0 bridgehead atoms. The minimum Gasteiger partial charge on any atom is -0.507 e. The van der Waals surface area contributed by atoms with Crippen molar-refractivity contribution in [3.05, 3.63) is 41.7 Å². The Morgan fingerprint density at radius 1 is 1.60 bits per heavy atom. The highest BCUT2D eigenvalue weighted by Gasteiger charge is 2.15. The van der Waals surface area contributed by atoms with Gasteiger partial charge in [-0.2, -0.15) is 0 Å². The molecule has 1 aromatic rings. The van der Waals surface area contributed by atoms with Gasteiger partial charge in [0.25, 0.3) is 5.91 Å². The Balaban J connectivity index is 2.86. The number of halogens is 1. The summed E-state index contributed by atoms with van der Waals surface area (Å²) in [6.45, 7) is 5.59. The molecular weight excluding hydrogens is 197 g/mol. The molecule has 0 aliphatic rings. The molecule has 2 N–H and O–H groups in total. The minimum atomic E-state index is -0.741.